The summed E-state index contributed by atoms with van der Waals surface area (Å²) in [5.74, 6) is 0.0675. The first-order valence-electron chi connectivity index (χ1n) is 6.37. The summed E-state index contributed by atoms with van der Waals surface area (Å²) in [6.07, 6.45) is 12.3. The summed E-state index contributed by atoms with van der Waals surface area (Å²) < 4.78 is 0. The summed E-state index contributed by atoms with van der Waals surface area (Å²) in [5.41, 5.74) is 0. The third-order valence-corrected chi connectivity index (χ3v) is 2.70. The maximum atomic E-state index is 10.8. The number of carbonyl (C=O) groups is 1. The van der Waals surface area contributed by atoms with Crippen molar-refractivity contribution in [3.05, 3.63) is 7.05 Å². The quantitative estimate of drug-likeness (QED) is 0.548. The molecular formula is C13H26NO. The minimum Gasteiger partial charge on any atom is -0.354 e. The van der Waals surface area contributed by atoms with E-state index >= 15 is 0 Å². The second-order valence-electron chi connectivity index (χ2n) is 4.18. The number of amides is 1. The van der Waals surface area contributed by atoms with Crippen LogP contribution in [0.5, 0.6) is 0 Å². The average molecular weight is 212 g/mol. The highest BCUT2D eigenvalue weighted by Gasteiger charge is 1.97. The van der Waals surface area contributed by atoms with Crippen molar-refractivity contribution in [1.29, 1.82) is 0 Å². The molecule has 0 aliphatic heterocycles. The molecule has 0 aromatic carbocycles. The van der Waals surface area contributed by atoms with E-state index in [-0.39, 0.29) is 5.91 Å². The summed E-state index contributed by atoms with van der Waals surface area (Å²) in [5, 5.41) is 2.40. The fourth-order valence-electron chi connectivity index (χ4n) is 1.68. The predicted octanol–water partition coefficient (Wildman–Crippen LogP) is 3.82. The molecule has 89 valence electrons. The lowest BCUT2D eigenvalue weighted by Crippen LogP contribution is -2.14. The van der Waals surface area contributed by atoms with Gasteiger partial charge in [0.25, 0.3) is 0 Å². The Balaban J connectivity index is 2.95. The fourth-order valence-corrected chi connectivity index (χ4v) is 1.68. The topological polar surface area (TPSA) is 29.1 Å². The molecule has 0 saturated carbocycles. The molecule has 0 atom stereocenters. The van der Waals surface area contributed by atoms with Crippen molar-refractivity contribution >= 4 is 5.91 Å². The van der Waals surface area contributed by atoms with Crippen LogP contribution < -0.4 is 5.32 Å². The lowest BCUT2D eigenvalue weighted by Gasteiger charge is -2.01. The molecule has 0 fully saturated rings. The molecule has 0 bridgehead atoms. The fraction of sp³-hybridized carbons (Fsp3) is 0.846. The SMILES string of the molecule is [CH2]NC(=O)CCCCCCCCCCC. The van der Waals surface area contributed by atoms with Crippen LogP contribution in [-0.4, -0.2) is 5.91 Å². The first kappa shape index (κ1) is 14.5. The van der Waals surface area contributed by atoms with Crippen molar-refractivity contribution in [3.8, 4) is 0 Å². The second-order valence-corrected chi connectivity index (χ2v) is 4.18. The van der Waals surface area contributed by atoms with Gasteiger partial charge in [0.05, 0.1) is 0 Å². The molecule has 0 saturated heterocycles. The Hall–Kier alpha value is -0.530. The van der Waals surface area contributed by atoms with Crippen molar-refractivity contribution in [2.24, 2.45) is 0 Å². The minimum atomic E-state index is 0.0675. The van der Waals surface area contributed by atoms with Crippen LogP contribution in [0.1, 0.15) is 71.1 Å². The molecule has 0 aliphatic rings. The van der Waals surface area contributed by atoms with E-state index in [9.17, 15) is 4.79 Å². The van der Waals surface area contributed by atoms with E-state index in [0.29, 0.717) is 6.42 Å². The Bertz CT molecular complexity index is 145. The molecule has 0 aromatic heterocycles. The number of carbonyl (C=O) groups excluding carboxylic acids is 1. The summed E-state index contributed by atoms with van der Waals surface area (Å²) in [4.78, 5) is 10.8. The lowest BCUT2D eigenvalue weighted by atomic mass is 10.1. The van der Waals surface area contributed by atoms with Crippen molar-refractivity contribution in [2.45, 2.75) is 71.1 Å². The standard InChI is InChI=1S/C13H26NO/c1-3-4-5-6-7-8-9-10-11-12-13(15)14-2/h2-12H2,1H3,(H,14,15). The number of rotatable bonds is 10. The van der Waals surface area contributed by atoms with Gasteiger partial charge in [-0.2, -0.15) is 0 Å². The Morgan fingerprint density at radius 2 is 1.40 bits per heavy atom. The van der Waals surface area contributed by atoms with E-state index in [1.807, 2.05) is 0 Å². The van der Waals surface area contributed by atoms with Crippen LogP contribution in [0.4, 0.5) is 0 Å². The predicted molar refractivity (Wildman–Crippen MR) is 65.3 cm³/mol. The molecule has 1 radical (unpaired) electrons. The van der Waals surface area contributed by atoms with Crippen LogP contribution in [0.2, 0.25) is 0 Å². The molecule has 2 nitrogen and oxygen atoms in total. The highest BCUT2D eigenvalue weighted by Crippen LogP contribution is 2.10. The van der Waals surface area contributed by atoms with Gasteiger partial charge in [0.15, 0.2) is 0 Å². The monoisotopic (exact) mass is 212 g/mol. The molecule has 0 aromatic rings. The molecule has 2 heteroatoms. The summed E-state index contributed by atoms with van der Waals surface area (Å²) in [7, 11) is 3.34. The minimum absolute atomic E-state index is 0.0675. The molecule has 1 amide bonds. The first-order chi connectivity index (χ1) is 7.31. The van der Waals surface area contributed by atoms with Crippen LogP contribution in [0.3, 0.4) is 0 Å². The molecule has 0 spiro atoms. The largest absolute Gasteiger partial charge is 0.354 e. The van der Waals surface area contributed by atoms with Crippen molar-refractivity contribution < 1.29 is 4.79 Å². The second kappa shape index (κ2) is 11.5. The van der Waals surface area contributed by atoms with Crippen molar-refractivity contribution in [1.82, 2.24) is 5.32 Å². The van der Waals surface area contributed by atoms with Gasteiger partial charge in [-0.1, -0.05) is 58.3 Å². The normalized spacial score (nSPS) is 10.3. The van der Waals surface area contributed by atoms with E-state index in [0.717, 1.165) is 6.42 Å². The van der Waals surface area contributed by atoms with Crippen LogP contribution >= 0.6 is 0 Å². The van der Waals surface area contributed by atoms with Gasteiger partial charge < -0.3 is 5.32 Å². The Labute approximate surface area is 94.8 Å². The Kier molecular flexibility index (Phi) is 11.1. The molecule has 15 heavy (non-hydrogen) atoms. The van der Waals surface area contributed by atoms with Crippen molar-refractivity contribution in [2.75, 3.05) is 0 Å². The molecule has 0 rings (SSSR count). The van der Waals surface area contributed by atoms with Crippen LogP contribution in [0.15, 0.2) is 0 Å². The van der Waals surface area contributed by atoms with E-state index in [2.05, 4.69) is 19.3 Å². The number of unbranched alkanes of at least 4 members (excludes halogenated alkanes) is 8. The average Bonchev–Trinajstić information content (AvgIpc) is 2.26. The molecule has 0 unspecified atom stereocenters. The highest BCUT2D eigenvalue weighted by molar-refractivity contribution is 5.75. The van der Waals surface area contributed by atoms with Crippen LogP contribution in [-0.2, 0) is 4.79 Å². The Morgan fingerprint density at radius 1 is 0.933 bits per heavy atom. The van der Waals surface area contributed by atoms with Crippen LogP contribution in [0, 0.1) is 7.05 Å². The zero-order valence-corrected chi connectivity index (χ0v) is 10.2. The van der Waals surface area contributed by atoms with Gasteiger partial charge in [-0.05, 0) is 6.42 Å². The smallest absolute Gasteiger partial charge is 0.220 e. The van der Waals surface area contributed by atoms with E-state index < -0.39 is 0 Å². The highest BCUT2D eigenvalue weighted by atomic mass is 16.1. The van der Waals surface area contributed by atoms with Gasteiger partial charge in [0, 0.05) is 13.5 Å². The summed E-state index contributed by atoms with van der Waals surface area (Å²) >= 11 is 0. The van der Waals surface area contributed by atoms with E-state index in [1.54, 1.807) is 0 Å². The maximum absolute atomic E-state index is 10.8. The first-order valence-corrected chi connectivity index (χ1v) is 6.37. The third kappa shape index (κ3) is 11.4. The Morgan fingerprint density at radius 3 is 1.87 bits per heavy atom. The maximum Gasteiger partial charge on any atom is 0.220 e. The van der Waals surface area contributed by atoms with Gasteiger partial charge in [0.2, 0.25) is 5.91 Å². The zero-order valence-electron chi connectivity index (χ0n) is 10.2. The van der Waals surface area contributed by atoms with Crippen LogP contribution in [0.25, 0.3) is 0 Å². The van der Waals surface area contributed by atoms with Crippen molar-refractivity contribution in [3.63, 3.8) is 0 Å². The lowest BCUT2D eigenvalue weighted by molar-refractivity contribution is -0.120. The number of nitrogens with one attached hydrogen (secondary N) is 1. The molecule has 1 N–H and O–H groups in total. The molecule has 0 aliphatic carbocycles. The molecule has 0 heterocycles. The van der Waals surface area contributed by atoms with E-state index in [1.165, 1.54) is 51.4 Å². The molecular weight excluding hydrogens is 186 g/mol. The van der Waals surface area contributed by atoms with Gasteiger partial charge in [0.1, 0.15) is 0 Å². The number of hydrogen-bond donors (Lipinski definition) is 1. The van der Waals surface area contributed by atoms with Gasteiger partial charge in [-0.25, -0.2) is 0 Å². The summed E-state index contributed by atoms with van der Waals surface area (Å²) in [6.45, 7) is 2.24. The van der Waals surface area contributed by atoms with Gasteiger partial charge >= 0.3 is 0 Å². The zero-order chi connectivity index (χ0) is 11.4. The van der Waals surface area contributed by atoms with Gasteiger partial charge in [-0.3, -0.25) is 4.79 Å². The van der Waals surface area contributed by atoms with Gasteiger partial charge in [-0.15, -0.1) is 0 Å². The summed E-state index contributed by atoms with van der Waals surface area (Å²) in [6, 6.07) is 0. The van der Waals surface area contributed by atoms with E-state index in [4.69, 9.17) is 0 Å². The number of hydrogen-bond acceptors (Lipinski definition) is 1. The third-order valence-electron chi connectivity index (χ3n) is 2.70.